The van der Waals surface area contributed by atoms with Crippen molar-refractivity contribution in [2.75, 3.05) is 19.7 Å². The average Bonchev–Trinajstić information content (AvgIpc) is 3.11. The van der Waals surface area contributed by atoms with Crippen LogP contribution in [0.15, 0.2) is 36.9 Å². The van der Waals surface area contributed by atoms with Crippen molar-refractivity contribution >= 4 is 0 Å². The minimum Gasteiger partial charge on any atom is -0.372 e. The number of rotatable bonds is 5. The summed E-state index contributed by atoms with van der Waals surface area (Å²) >= 11 is 0. The van der Waals surface area contributed by atoms with Gasteiger partial charge in [-0.15, -0.1) is 0 Å². The van der Waals surface area contributed by atoms with E-state index >= 15 is 0 Å². The average molecular weight is 355 g/mol. The van der Waals surface area contributed by atoms with Crippen LogP contribution in [0.1, 0.15) is 42.9 Å². The quantitative estimate of drug-likeness (QED) is 0.892. The Balaban J connectivity index is 1.30. The fraction of sp³-hybridized carbons (Fsp3) is 0.600. The molecule has 0 saturated carbocycles. The highest BCUT2D eigenvalue weighted by Crippen LogP contribution is 2.29. The maximum atomic E-state index is 6.10. The van der Waals surface area contributed by atoms with Gasteiger partial charge in [0.25, 0.3) is 0 Å². The maximum absolute atomic E-state index is 6.10. The molecule has 6 heteroatoms. The van der Waals surface area contributed by atoms with Crippen LogP contribution in [0.2, 0.25) is 0 Å². The highest BCUT2D eigenvalue weighted by atomic mass is 16.5. The number of likely N-dealkylation sites (tertiary alicyclic amines) is 1. The largest absolute Gasteiger partial charge is 0.372 e. The number of aryl methyl sites for hydroxylation is 1. The van der Waals surface area contributed by atoms with E-state index in [-0.39, 0.29) is 6.10 Å². The molecule has 2 aromatic heterocycles. The van der Waals surface area contributed by atoms with Crippen LogP contribution < -0.4 is 5.32 Å². The van der Waals surface area contributed by atoms with Gasteiger partial charge >= 0.3 is 0 Å². The number of ether oxygens (including phenoxy) is 1. The molecule has 4 heterocycles. The molecule has 2 aromatic rings. The topological polar surface area (TPSA) is 55.2 Å². The number of hydrogen-bond acceptors (Lipinski definition) is 5. The van der Waals surface area contributed by atoms with Gasteiger partial charge in [-0.2, -0.15) is 5.10 Å². The molecule has 0 radical (unpaired) electrons. The summed E-state index contributed by atoms with van der Waals surface area (Å²) in [6, 6.07) is 5.15. The van der Waals surface area contributed by atoms with E-state index in [0.717, 1.165) is 32.7 Å². The van der Waals surface area contributed by atoms with Crippen LogP contribution in [-0.4, -0.2) is 51.4 Å². The number of piperidine rings is 1. The summed E-state index contributed by atoms with van der Waals surface area (Å²) in [5.74, 6) is 0. The lowest BCUT2D eigenvalue weighted by atomic mass is 9.95. The van der Waals surface area contributed by atoms with Crippen molar-refractivity contribution in [1.29, 1.82) is 0 Å². The van der Waals surface area contributed by atoms with Gasteiger partial charge in [-0.3, -0.25) is 14.6 Å². The predicted molar refractivity (Wildman–Crippen MR) is 101 cm³/mol. The summed E-state index contributed by atoms with van der Waals surface area (Å²) in [5, 5.41) is 8.22. The highest BCUT2D eigenvalue weighted by molar-refractivity contribution is 5.12. The van der Waals surface area contributed by atoms with Crippen LogP contribution >= 0.6 is 0 Å². The molecule has 2 aliphatic heterocycles. The summed E-state index contributed by atoms with van der Waals surface area (Å²) in [5.41, 5.74) is 2.50. The zero-order chi connectivity index (χ0) is 17.8. The fourth-order valence-corrected chi connectivity index (χ4v) is 4.18. The molecule has 2 saturated heterocycles. The SMILES string of the molecule is Cn1cc([C@H]2OCCC[C@@H]2NC2CCN(Cc3cccnc3)CC2)cn1. The highest BCUT2D eigenvalue weighted by Gasteiger charge is 2.31. The zero-order valence-corrected chi connectivity index (χ0v) is 15.6. The van der Waals surface area contributed by atoms with Gasteiger partial charge in [-0.05, 0) is 50.4 Å². The van der Waals surface area contributed by atoms with E-state index in [1.807, 2.05) is 36.4 Å². The molecule has 1 N–H and O–H groups in total. The Hall–Kier alpha value is -1.76. The van der Waals surface area contributed by atoms with Gasteiger partial charge in [0.2, 0.25) is 0 Å². The van der Waals surface area contributed by atoms with E-state index in [2.05, 4.69) is 32.6 Å². The van der Waals surface area contributed by atoms with Crippen molar-refractivity contribution < 1.29 is 4.74 Å². The lowest BCUT2D eigenvalue weighted by molar-refractivity contribution is -0.0163. The van der Waals surface area contributed by atoms with E-state index in [1.165, 1.54) is 30.4 Å². The normalized spacial score (nSPS) is 25.4. The lowest BCUT2D eigenvalue weighted by Crippen LogP contribution is -2.49. The molecular weight excluding hydrogens is 326 g/mol. The van der Waals surface area contributed by atoms with E-state index in [0.29, 0.717) is 12.1 Å². The molecule has 26 heavy (non-hydrogen) atoms. The fourth-order valence-electron chi connectivity index (χ4n) is 4.18. The first-order valence-corrected chi connectivity index (χ1v) is 9.75. The standard InChI is InChI=1S/C20H29N5O/c1-24-15-17(13-22-24)20-19(5-3-11-26-20)23-18-6-9-25(10-7-18)14-16-4-2-8-21-12-16/h2,4,8,12-13,15,18-20,23H,3,5-7,9-11,14H2,1H3/t19-,20+/m0/s1. The van der Waals surface area contributed by atoms with Gasteiger partial charge < -0.3 is 10.1 Å². The Morgan fingerprint density at radius 2 is 2.12 bits per heavy atom. The van der Waals surface area contributed by atoms with Crippen molar-refractivity contribution in [2.45, 2.75) is 50.4 Å². The van der Waals surface area contributed by atoms with Crippen molar-refractivity contribution in [3.05, 3.63) is 48.0 Å². The van der Waals surface area contributed by atoms with E-state index in [9.17, 15) is 0 Å². The molecule has 6 nitrogen and oxygen atoms in total. The van der Waals surface area contributed by atoms with Crippen LogP contribution in [0.5, 0.6) is 0 Å². The second kappa shape index (κ2) is 8.29. The lowest BCUT2D eigenvalue weighted by Gasteiger charge is -2.38. The Kier molecular flexibility index (Phi) is 5.62. The minimum atomic E-state index is 0.130. The van der Waals surface area contributed by atoms with Gasteiger partial charge in [-0.25, -0.2) is 0 Å². The number of hydrogen-bond donors (Lipinski definition) is 1. The third kappa shape index (κ3) is 4.31. The van der Waals surface area contributed by atoms with Crippen LogP contribution in [0.25, 0.3) is 0 Å². The van der Waals surface area contributed by atoms with Gasteiger partial charge in [0.15, 0.2) is 0 Å². The van der Waals surface area contributed by atoms with E-state index in [1.54, 1.807) is 0 Å². The Bertz CT molecular complexity index is 681. The van der Waals surface area contributed by atoms with Gasteiger partial charge in [0, 0.05) is 56.4 Å². The summed E-state index contributed by atoms with van der Waals surface area (Å²) in [7, 11) is 1.97. The molecule has 0 spiro atoms. The summed E-state index contributed by atoms with van der Waals surface area (Å²) in [4.78, 5) is 6.75. The summed E-state index contributed by atoms with van der Waals surface area (Å²) in [6.07, 6.45) is 12.7. The third-order valence-corrected chi connectivity index (χ3v) is 5.54. The van der Waals surface area contributed by atoms with E-state index in [4.69, 9.17) is 4.74 Å². The third-order valence-electron chi connectivity index (χ3n) is 5.54. The maximum Gasteiger partial charge on any atom is 0.101 e. The molecule has 0 unspecified atom stereocenters. The van der Waals surface area contributed by atoms with Crippen molar-refractivity contribution in [3.8, 4) is 0 Å². The second-order valence-electron chi connectivity index (χ2n) is 7.57. The zero-order valence-electron chi connectivity index (χ0n) is 15.6. The molecule has 140 valence electrons. The van der Waals surface area contributed by atoms with Crippen molar-refractivity contribution in [3.63, 3.8) is 0 Å². The molecular formula is C20H29N5O. The predicted octanol–water partition coefficient (Wildman–Crippen LogP) is 2.29. The number of pyridine rings is 1. The summed E-state index contributed by atoms with van der Waals surface area (Å²) < 4.78 is 7.96. The molecule has 2 atom stereocenters. The van der Waals surface area contributed by atoms with Crippen LogP contribution in [0.4, 0.5) is 0 Å². The van der Waals surface area contributed by atoms with Gasteiger partial charge in [0.1, 0.15) is 6.10 Å². The first kappa shape index (κ1) is 17.6. The number of nitrogens with one attached hydrogen (secondary N) is 1. The van der Waals surface area contributed by atoms with Crippen LogP contribution in [0, 0.1) is 0 Å². The van der Waals surface area contributed by atoms with Crippen LogP contribution in [-0.2, 0) is 18.3 Å². The molecule has 4 rings (SSSR count). The second-order valence-corrected chi connectivity index (χ2v) is 7.57. The van der Waals surface area contributed by atoms with Crippen LogP contribution in [0.3, 0.4) is 0 Å². The first-order valence-electron chi connectivity index (χ1n) is 9.75. The molecule has 0 amide bonds. The summed E-state index contributed by atoms with van der Waals surface area (Å²) in [6.45, 7) is 4.13. The molecule has 2 aliphatic rings. The Labute approximate surface area is 155 Å². The molecule has 0 aliphatic carbocycles. The Morgan fingerprint density at radius 3 is 2.85 bits per heavy atom. The van der Waals surface area contributed by atoms with E-state index < -0.39 is 0 Å². The van der Waals surface area contributed by atoms with Crippen molar-refractivity contribution in [1.82, 2.24) is 25.0 Å². The monoisotopic (exact) mass is 355 g/mol. The molecule has 0 aromatic carbocycles. The molecule has 2 fully saturated rings. The minimum absolute atomic E-state index is 0.130. The first-order chi connectivity index (χ1) is 12.8. The Morgan fingerprint density at radius 1 is 1.23 bits per heavy atom. The smallest absolute Gasteiger partial charge is 0.101 e. The molecule has 0 bridgehead atoms. The van der Waals surface area contributed by atoms with Gasteiger partial charge in [-0.1, -0.05) is 6.07 Å². The van der Waals surface area contributed by atoms with Crippen molar-refractivity contribution in [2.24, 2.45) is 7.05 Å². The number of nitrogens with zero attached hydrogens (tertiary/aromatic N) is 4. The number of aromatic nitrogens is 3. The van der Waals surface area contributed by atoms with Gasteiger partial charge in [0.05, 0.1) is 6.20 Å².